The lowest BCUT2D eigenvalue weighted by molar-refractivity contribution is 0.963. The van der Waals surface area contributed by atoms with Gasteiger partial charge in [0.25, 0.3) is 0 Å². The molecule has 3 aromatic heterocycles. The van der Waals surface area contributed by atoms with Crippen LogP contribution in [0.3, 0.4) is 0 Å². The number of hydrogen-bond acceptors (Lipinski definition) is 6. The normalized spacial score (nSPS) is 10.9. The van der Waals surface area contributed by atoms with Crippen molar-refractivity contribution < 1.29 is 0 Å². The number of benzene rings is 1. The third kappa shape index (κ3) is 3.09. The Labute approximate surface area is 143 Å². The summed E-state index contributed by atoms with van der Waals surface area (Å²) in [7, 11) is 0. The Morgan fingerprint density at radius 2 is 1.79 bits per heavy atom. The molecule has 4 rings (SSSR count). The van der Waals surface area contributed by atoms with Crippen LogP contribution in [-0.4, -0.2) is 19.9 Å². The van der Waals surface area contributed by atoms with E-state index in [1.165, 1.54) is 15.0 Å². The number of thiophene rings is 1. The summed E-state index contributed by atoms with van der Waals surface area (Å²) in [6.45, 7) is 2.47. The third-order valence-corrected chi connectivity index (χ3v) is 4.79. The second-order valence-corrected chi connectivity index (χ2v) is 6.53. The molecule has 0 aliphatic carbocycles. The Morgan fingerprint density at radius 1 is 0.958 bits per heavy atom. The van der Waals surface area contributed by atoms with Gasteiger partial charge in [-0.25, -0.2) is 9.97 Å². The van der Waals surface area contributed by atoms with Gasteiger partial charge in [0.05, 0.1) is 24.1 Å². The van der Waals surface area contributed by atoms with Gasteiger partial charge in [0.15, 0.2) is 0 Å². The number of nitrogens with zero attached hydrogens (tertiary/aromatic N) is 4. The maximum absolute atomic E-state index is 4.39. The summed E-state index contributed by atoms with van der Waals surface area (Å²) in [6, 6.07) is 10.5. The second-order valence-electron chi connectivity index (χ2n) is 5.45. The molecule has 24 heavy (non-hydrogen) atoms. The molecule has 0 spiro atoms. The summed E-state index contributed by atoms with van der Waals surface area (Å²) < 4.78 is 1.27. The molecule has 0 aliphatic rings. The van der Waals surface area contributed by atoms with Gasteiger partial charge in [-0.15, -0.1) is 11.3 Å². The van der Waals surface area contributed by atoms with Crippen LogP contribution in [0.25, 0.3) is 20.5 Å². The van der Waals surface area contributed by atoms with Gasteiger partial charge in [-0.2, -0.15) is 0 Å². The number of aryl methyl sites for hydroxylation is 1. The van der Waals surface area contributed by atoms with E-state index in [9.17, 15) is 0 Å². The standard InChI is InChI=1S/C18H15N5S/c1-12-7-20-15(10-19-12)11-23-18-21-8-14(9-22-18)17-6-13-4-2-3-5-16(13)24-17/h2-10H,11H2,1H3,(H,21,22,23). The van der Waals surface area contributed by atoms with Crippen molar-refractivity contribution in [2.24, 2.45) is 0 Å². The van der Waals surface area contributed by atoms with Crippen molar-refractivity contribution >= 4 is 27.4 Å². The maximum Gasteiger partial charge on any atom is 0.222 e. The zero-order valence-electron chi connectivity index (χ0n) is 13.1. The number of rotatable bonds is 4. The van der Waals surface area contributed by atoms with E-state index in [4.69, 9.17) is 0 Å². The van der Waals surface area contributed by atoms with Crippen LogP contribution in [-0.2, 0) is 6.54 Å². The van der Waals surface area contributed by atoms with Gasteiger partial charge in [-0.3, -0.25) is 9.97 Å². The zero-order chi connectivity index (χ0) is 16.4. The summed E-state index contributed by atoms with van der Waals surface area (Å²) in [5, 5.41) is 4.41. The summed E-state index contributed by atoms with van der Waals surface area (Å²) >= 11 is 1.75. The summed E-state index contributed by atoms with van der Waals surface area (Å²) in [4.78, 5) is 18.5. The lowest BCUT2D eigenvalue weighted by Crippen LogP contribution is -2.05. The van der Waals surface area contributed by atoms with E-state index in [0.29, 0.717) is 12.5 Å². The van der Waals surface area contributed by atoms with Crippen LogP contribution in [0.2, 0.25) is 0 Å². The van der Waals surface area contributed by atoms with Crippen molar-refractivity contribution in [2.75, 3.05) is 5.32 Å². The molecule has 0 saturated heterocycles. The molecule has 0 saturated carbocycles. The van der Waals surface area contributed by atoms with Crippen LogP contribution in [0, 0.1) is 6.92 Å². The molecule has 0 fully saturated rings. The Bertz CT molecular complexity index is 928. The number of anilines is 1. The van der Waals surface area contributed by atoms with Crippen LogP contribution in [0.5, 0.6) is 0 Å². The molecule has 0 bridgehead atoms. The Hall–Kier alpha value is -2.86. The van der Waals surface area contributed by atoms with Crippen LogP contribution < -0.4 is 5.32 Å². The maximum atomic E-state index is 4.39. The van der Waals surface area contributed by atoms with Crippen LogP contribution in [0.4, 0.5) is 5.95 Å². The topological polar surface area (TPSA) is 63.6 Å². The molecular weight excluding hydrogens is 318 g/mol. The van der Waals surface area contributed by atoms with E-state index in [2.05, 4.69) is 55.6 Å². The van der Waals surface area contributed by atoms with Gasteiger partial charge in [-0.05, 0) is 24.4 Å². The summed E-state index contributed by atoms with van der Waals surface area (Å²) in [6.07, 6.45) is 7.21. The molecular formula is C18H15N5S. The number of nitrogens with one attached hydrogen (secondary N) is 1. The highest BCUT2D eigenvalue weighted by molar-refractivity contribution is 7.22. The van der Waals surface area contributed by atoms with Crippen molar-refractivity contribution in [3.8, 4) is 10.4 Å². The van der Waals surface area contributed by atoms with E-state index < -0.39 is 0 Å². The fourth-order valence-corrected chi connectivity index (χ4v) is 3.39. The molecule has 0 amide bonds. The highest BCUT2D eigenvalue weighted by Crippen LogP contribution is 2.32. The van der Waals surface area contributed by atoms with E-state index in [1.54, 1.807) is 23.7 Å². The largest absolute Gasteiger partial charge is 0.349 e. The van der Waals surface area contributed by atoms with Gasteiger partial charge in [0.2, 0.25) is 5.95 Å². The highest BCUT2D eigenvalue weighted by Gasteiger charge is 2.05. The van der Waals surface area contributed by atoms with Gasteiger partial charge in [-0.1, -0.05) is 18.2 Å². The number of hydrogen-bond donors (Lipinski definition) is 1. The first-order valence-corrected chi connectivity index (χ1v) is 8.42. The van der Waals surface area contributed by atoms with Crippen molar-refractivity contribution in [1.29, 1.82) is 0 Å². The molecule has 0 radical (unpaired) electrons. The minimum Gasteiger partial charge on any atom is -0.349 e. The first-order chi connectivity index (χ1) is 11.8. The van der Waals surface area contributed by atoms with Crippen molar-refractivity contribution in [1.82, 2.24) is 19.9 Å². The minimum atomic E-state index is 0.551. The Balaban J connectivity index is 1.48. The first-order valence-electron chi connectivity index (χ1n) is 7.60. The Kier molecular flexibility index (Phi) is 3.88. The van der Waals surface area contributed by atoms with E-state index in [-0.39, 0.29) is 0 Å². The third-order valence-electron chi connectivity index (χ3n) is 3.62. The van der Waals surface area contributed by atoms with Gasteiger partial charge >= 0.3 is 0 Å². The molecule has 0 unspecified atom stereocenters. The van der Waals surface area contributed by atoms with E-state index in [0.717, 1.165) is 17.0 Å². The Morgan fingerprint density at radius 3 is 2.54 bits per heavy atom. The first kappa shape index (κ1) is 14.7. The zero-order valence-corrected chi connectivity index (χ0v) is 13.9. The minimum absolute atomic E-state index is 0.551. The fraction of sp³-hybridized carbons (Fsp3) is 0.111. The van der Waals surface area contributed by atoms with Crippen molar-refractivity contribution in [3.63, 3.8) is 0 Å². The van der Waals surface area contributed by atoms with Crippen molar-refractivity contribution in [2.45, 2.75) is 13.5 Å². The van der Waals surface area contributed by atoms with Gasteiger partial charge < -0.3 is 5.32 Å². The molecule has 0 atom stereocenters. The van der Waals surface area contributed by atoms with Gasteiger partial charge in [0.1, 0.15) is 0 Å². The predicted molar refractivity (Wildman–Crippen MR) is 96.9 cm³/mol. The second kappa shape index (κ2) is 6.33. The number of fused-ring (bicyclic) bond motifs is 1. The van der Waals surface area contributed by atoms with Gasteiger partial charge in [0, 0.05) is 33.7 Å². The van der Waals surface area contributed by atoms with Crippen LogP contribution in [0.15, 0.2) is 55.1 Å². The van der Waals surface area contributed by atoms with Crippen LogP contribution in [0.1, 0.15) is 11.4 Å². The predicted octanol–water partition coefficient (Wildman–Crippen LogP) is 4.07. The average molecular weight is 333 g/mol. The summed E-state index contributed by atoms with van der Waals surface area (Å²) in [5.74, 6) is 0.585. The quantitative estimate of drug-likeness (QED) is 0.610. The van der Waals surface area contributed by atoms with Crippen LogP contribution >= 0.6 is 11.3 Å². The summed E-state index contributed by atoms with van der Waals surface area (Å²) in [5.41, 5.74) is 2.79. The molecule has 1 aromatic carbocycles. The van der Waals surface area contributed by atoms with E-state index >= 15 is 0 Å². The molecule has 4 aromatic rings. The molecule has 6 heteroatoms. The molecule has 0 aliphatic heterocycles. The average Bonchev–Trinajstić information content (AvgIpc) is 3.06. The number of aromatic nitrogens is 4. The monoisotopic (exact) mass is 333 g/mol. The lowest BCUT2D eigenvalue weighted by Gasteiger charge is -2.04. The fourth-order valence-electron chi connectivity index (χ4n) is 2.35. The SMILES string of the molecule is Cc1cnc(CNc2ncc(-c3cc4ccccc4s3)cn2)cn1. The molecule has 5 nitrogen and oxygen atoms in total. The smallest absolute Gasteiger partial charge is 0.222 e. The highest BCUT2D eigenvalue weighted by atomic mass is 32.1. The molecule has 3 heterocycles. The van der Waals surface area contributed by atoms with E-state index in [1.807, 2.05) is 19.3 Å². The molecule has 1 N–H and O–H groups in total. The lowest BCUT2D eigenvalue weighted by atomic mass is 10.2. The molecule has 118 valence electrons. The van der Waals surface area contributed by atoms with Crippen molar-refractivity contribution in [3.05, 3.63) is 66.5 Å².